The van der Waals surface area contributed by atoms with Crippen molar-refractivity contribution < 1.29 is 14.3 Å². The first-order valence-corrected chi connectivity index (χ1v) is 9.31. The van der Waals surface area contributed by atoms with Crippen molar-refractivity contribution in [3.8, 4) is 0 Å². The molecule has 4 rings (SSSR count). The fourth-order valence-corrected chi connectivity index (χ4v) is 4.10. The molecule has 0 saturated carbocycles. The van der Waals surface area contributed by atoms with Gasteiger partial charge in [0.05, 0.1) is 12.6 Å². The molecule has 7 heteroatoms. The van der Waals surface area contributed by atoms with Crippen LogP contribution in [-0.4, -0.2) is 36.7 Å². The quantitative estimate of drug-likeness (QED) is 0.900. The molecule has 25 heavy (non-hydrogen) atoms. The zero-order chi connectivity index (χ0) is 17.2. The molecular weight excluding hydrogens is 338 g/mol. The minimum Gasteiger partial charge on any atom is -0.447 e. The van der Waals surface area contributed by atoms with Gasteiger partial charge >= 0.3 is 12.1 Å². The van der Waals surface area contributed by atoms with E-state index in [0.717, 1.165) is 25.1 Å². The van der Waals surface area contributed by atoms with Gasteiger partial charge in [-0.3, -0.25) is 4.90 Å². The Hall–Kier alpha value is -2.54. The van der Waals surface area contributed by atoms with Crippen molar-refractivity contribution in [2.75, 3.05) is 29.9 Å². The third-order valence-corrected chi connectivity index (χ3v) is 5.31. The number of hydrogen-bond donors (Lipinski definition) is 1. The molecule has 130 valence electrons. The second-order valence-corrected chi connectivity index (χ2v) is 6.93. The topological polar surface area (TPSA) is 61.9 Å². The third kappa shape index (κ3) is 3.19. The zero-order valence-corrected chi connectivity index (χ0v) is 14.5. The SMILES string of the molecule is O=C1OCCN1c1cccc(NC(=O)N2CCC[C@@H]2c2ccsc2)c1. The third-order valence-electron chi connectivity index (χ3n) is 4.61. The summed E-state index contributed by atoms with van der Waals surface area (Å²) in [6.07, 6.45) is 1.65. The van der Waals surface area contributed by atoms with E-state index in [0.29, 0.717) is 18.8 Å². The van der Waals surface area contributed by atoms with Crippen molar-refractivity contribution in [3.63, 3.8) is 0 Å². The lowest BCUT2D eigenvalue weighted by molar-refractivity contribution is 0.181. The number of nitrogens with zero attached hydrogens (tertiary/aromatic N) is 2. The van der Waals surface area contributed by atoms with Crippen LogP contribution in [0.5, 0.6) is 0 Å². The van der Waals surface area contributed by atoms with Crippen LogP contribution in [0.4, 0.5) is 21.0 Å². The van der Waals surface area contributed by atoms with Crippen molar-refractivity contribution >= 4 is 34.8 Å². The molecule has 2 saturated heterocycles. The minimum absolute atomic E-state index is 0.102. The molecule has 1 aromatic heterocycles. The molecule has 0 radical (unpaired) electrons. The Balaban J connectivity index is 1.48. The van der Waals surface area contributed by atoms with Crippen molar-refractivity contribution in [3.05, 3.63) is 46.7 Å². The lowest BCUT2D eigenvalue weighted by Crippen LogP contribution is -2.34. The van der Waals surface area contributed by atoms with E-state index in [-0.39, 0.29) is 18.2 Å². The van der Waals surface area contributed by atoms with E-state index in [4.69, 9.17) is 4.74 Å². The number of benzene rings is 1. The van der Waals surface area contributed by atoms with E-state index in [1.807, 2.05) is 28.5 Å². The standard InChI is InChI=1S/C18H19N3O3S/c22-17(21-7-2-5-16(21)13-6-10-25-12-13)19-14-3-1-4-15(11-14)20-8-9-24-18(20)23/h1,3-4,6,10-12,16H,2,5,7-9H2,(H,19,22)/t16-/m1/s1. The average Bonchev–Trinajstić information content (AvgIpc) is 3.36. The normalized spacial score (nSPS) is 20.0. The average molecular weight is 357 g/mol. The molecule has 0 spiro atoms. The van der Waals surface area contributed by atoms with Crippen LogP contribution < -0.4 is 10.2 Å². The van der Waals surface area contributed by atoms with Gasteiger partial charge in [-0.25, -0.2) is 9.59 Å². The molecule has 1 atom stereocenters. The van der Waals surface area contributed by atoms with Crippen molar-refractivity contribution in [2.45, 2.75) is 18.9 Å². The van der Waals surface area contributed by atoms with Crippen LogP contribution in [0.3, 0.4) is 0 Å². The maximum atomic E-state index is 12.7. The van der Waals surface area contributed by atoms with Gasteiger partial charge in [-0.2, -0.15) is 11.3 Å². The summed E-state index contributed by atoms with van der Waals surface area (Å²) in [4.78, 5) is 27.9. The van der Waals surface area contributed by atoms with Crippen molar-refractivity contribution in [1.82, 2.24) is 4.90 Å². The van der Waals surface area contributed by atoms with E-state index < -0.39 is 0 Å². The summed E-state index contributed by atoms with van der Waals surface area (Å²) >= 11 is 1.65. The molecule has 2 aliphatic rings. The first-order chi connectivity index (χ1) is 12.2. The van der Waals surface area contributed by atoms with Gasteiger partial charge in [0.2, 0.25) is 0 Å². The molecule has 1 aromatic carbocycles. The summed E-state index contributed by atoms with van der Waals surface area (Å²) in [5.41, 5.74) is 2.61. The smallest absolute Gasteiger partial charge is 0.414 e. The molecule has 3 amide bonds. The summed E-state index contributed by atoms with van der Waals surface area (Å²) in [7, 11) is 0. The van der Waals surface area contributed by atoms with Crippen LogP contribution in [0.25, 0.3) is 0 Å². The number of hydrogen-bond acceptors (Lipinski definition) is 4. The van der Waals surface area contributed by atoms with Gasteiger partial charge < -0.3 is 15.0 Å². The Morgan fingerprint density at radius 3 is 2.96 bits per heavy atom. The highest BCUT2D eigenvalue weighted by Gasteiger charge is 2.30. The zero-order valence-electron chi connectivity index (χ0n) is 13.7. The Labute approximate surface area is 150 Å². The molecule has 0 bridgehead atoms. The highest BCUT2D eigenvalue weighted by molar-refractivity contribution is 7.08. The molecule has 3 heterocycles. The van der Waals surface area contributed by atoms with Gasteiger partial charge in [-0.1, -0.05) is 6.07 Å². The number of rotatable bonds is 3. The molecule has 0 aliphatic carbocycles. The van der Waals surface area contributed by atoms with Gasteiger partial charge in [-0.15, -0.1) is 0 Å². The number of nitrogens with one attached hydrogen (secondary N) is 1. The number of carbonyl (C=O) groups is 2. The Morgan fingerprint density at radius 2 is 2.20 bits per heavy atom. The largest absolute Gasteiger partial charge is 0.447 e. The summed E-state index contributed by atoms with van der Waals surface area (Å²) in [6.45, 7) is 1.68. The van der Waals surface area contributed by atoms with Crippen molar-refractivity contribution in [1.29, 1.82) is 0 Å². The molecule has 6 nitrogen and oxygen atoms in total. The number of thiophene rings is 1. The second-order valence-electron chi connectivity index (χ2n) is 6.15. The molecule has 2 aliphatic heterocycles. The summed E-state index contributed by atoms with van der Waals surface area (Å²) in [5, 5.41) is 7.12. The number of amides is 3. The van der Waals surface area contributed by atoms with Crippen LogP contribution in [-0.2, 0) is 4.74 Å². The van der Waals surface area contributed by atoms with Crippen LogP contribution in [0.1, 0.15) is 24.4 Å². The predicted octanol–water partition coefficient (Wildman–Crippen LogP) is 4.07. The van der Waals surface area contributed by atoms with Crippen LogP contribution in [0.2, 0.25) is 0 Å². The molecule has 2 fully saturated rings. The molecule has 1 N–H and O–H groups in total. The fraction of sp³-hybridized carbons (Fsp3) is 0.333. The number of cyclic esters (lactones) is 1. The Morgan fingerprint density at radius 1 is 1.28 bits per heavy atom. The number of anilines is 2. The van der Waals surface area contributed by atoms with E-state index in [2.05, 4.69) is 16.8 Å². The first-order valence-electron chi connectivity index (χ1n) is 8.36. The highest BCUT2D eigenvalue weighted by atomic mass is 32.1. The van der Waals surface area contributed by atoms with Gasteiger partial charge in [-0.05, 0) is 53.4 Å². The van der Waals surface area contributed by atoms with E-state index >= 15 is 0 Å². The first kappa shape index (κ1) is 16.0. The summed E-state index contributed by atoms with van der Waals surface area (Å²) in [6, 6.07) is 9.43. The van der Waals surface area contributed by atoms with Crippen LogP contribution in [0, 0.1) is 0 Å². The minimum atomic E-state index is -0.347. The second kappa shape index (κ2) is 6.76. The number of urea groups is 1. The Kier molecular flexibility index (Phi) is 4.31. The molecule has 0 unspecified atom stereocenters. The van der Waals surface area contributed by atoms with Crippen LogP contribution >= 0.6 is 11.3 Å². The maximum Gasteiger partial charge on any atom is 0.414 e. The van der Waals surface area contributed by atoms with Gasteiger partial charge in [0.15, 0.2) is 0 Å². The summed E-state index contributed by atoms with van der Waals surface area (Å²) < 4.78 is 4.97. The van der Waals surface area contributed by atoms with Gasteiger partial charge in [0.25, 0.3) is 0 Å². The van der Waals surface area contributed by atoms with Crippen molar-refractivity contribution in [2.24, 2.45) is 0 Å². The Bertz CT molecular complexity index is 778. The molecule has 2 aromatic rings. The number of ether oxygens (including phenoxy) is 1. The van der Waals surface area contributed by atoms with Crippen LogP contribution in [0.15, 0.2) is 41.1 Å². The van der Waals surface area contributed by atoms with E-state index in [1.165, 1.54) is 5.56 Å². The number of carbonyl (C=O) groups excluding carboxylic acids is 2. The van der Waals surface area contributed by atoms with Gasteiger partial charge in [0, 0.05) is 17.9 Å². The fourth-order valence-electron chi connectivity index (χ4n) is 3.40. The highest BCUT2D eigenvalue weighted by Crippen LogP contribution is 2.33. The summed E-state index contributed by atoms with van der Waals surface area (Å²) in [5.74, 6) is 0. The number of likely N-dealkylation sites (tertiary alicyclic amines) is 1. The van der Waals surface area contributed by atoms with Gasteiger partial charge in [0.1, 0.15) is 6.61 Å². The van der Waals surface area contributed by atoms with E-state index in [9.17, 15) is 9.59 Å². The lowest BCUT2D eigenvalue weighted by atomic mass is 10.1. The monoisotopic (exact) mass is 357 g/mol. The predicted molar refractivity (Wildman–Crippen MR) is 97.2 cm³/mol. The lowest BCUT2D eigenvalue weighted by Gasteiger charge is -2.25. The van der Waals surface area contributed by atoms with E-state index in [1.54, 1.807) is 22.3 Å². The maximum absolute atomic E-state index is 12.7. The molecular formula is C18H19N3O3S.